The minimum atomic E-state index is -0.923. The fourth-order valence-corrected chi connectivity index (χ4v) is 10.8. The summed E-state index contributed by atoms with van der Waals surface area (Å²) in [5.74, 6) is -3.20. The van der Waals surface area contributed by atoms with Crippen molar-refractivity contribution in [3.05, 3.63) is 12.2 Å². The summed E-state index contributed by atoms with van der Waals surface area (Å²) in [6.45, 7) is 16.2. The first-order valence-corrected chi connectivity index (χ1v) is 15.4. The molecule has 0 aromatic carbocycles. The smallest absolute Gasteiger partial charge is 0.331 e. The lowest BCUT2D eigenvalue weighted by molar-refractivity contribution is -0.275. The van der Waals surface area contributed by atoms with Crippen molar-refractivity contribution in [2.24, 2.45) is 39.9 Å². The van der Waals surface area contributed by atoms with Gasteiger partial charge in [-0.2, -0.15) is 0 Å². The van der Waals surface area contributed by atoms with E-state index in [4.69, 9.17) is 23.7 Å². The molecule has 3 aliphatic carbocycles. The topological polar surface area (TPSA) is 132 Å². The van der Waals surface area contributed by atoms with Gasteiger partial charge in [0.2, 0.25) is 0 Å². The molecule has 0 aromatic heterocycles. The van der Waals surface area contributed by atoms with E-state index in [0.717, 1.165) is 0 Å². The van der Waals surface area contributed by atoms with Crippen LogP contribution in [-0.4, -0.2) is 59.4 Å². The van der Waals surface area contributed by atoms with Crippen LogP contribution >= 0.6 is 0 Å². The van der Waals surface area contributed by atoms with Gasteiger partial charge in [0.1, 0.15) is 29.5 Å². The van der Waals surface area contributed by atoms with Gasteiger partial charge in [0.05, 0.1) is 6.42 Å². The number of ether oxygens (including phenoxy) is 5. The molecule has 0 spiro atoms. The van der Waals surface area contributed by atoms with Crippen LogP contribution in [0.1, 0.15) is 94.4 Å². The molecule has 0 bridgehead atoms. The minimum Gasteiger partial charge on any atom is -0.462 e. The van der Waals surface area contributed by atoms with Crippen LogP contribution in [0.5, 0.6) is 0 Å². The van der Waals surface area contributed by atoms with Gasteiger partial charge in [-0.25, -0.2) is 4.79 Å². The van der Waals surface area contributed by atoms with E-state index in [1.807, 2.05) is 27.7 Å². The van der Waals surface area contributed by atoms with Gasteiger partial charge in [-0.05, 0) is 63.9 Å². The second kappa shape index (κ2) is 10.1. The second-order valence-electron chi connectivity index (χ2n) is 14.9. The van der Waals surface area contributed by atoms with E-state index >= 15 is 0 Å². The van der Waals surface area contributed by atoms with Crippen molar-refractivity contribution in [2.75, 3.05) is 0 Å². The zero-order valence-electron chi connectivity index (χ0n) is 26.8. The van der Waals surface area contributed by atoms with Crippen molar-refractivity contribution in [2.45, 2.75) is 124 Å². The normalized spacial score (nSPS) is 46.3. The number of fused-ring (bicyclic) bond motifs is 5. The van der Waals surface area contributed by atoms with E-state index in [0.29, 0.717) is 25.7 Å². The SMILES string of the molecule is CC(=O)OC1CC2[C@@H]([C@]3(C)C=CC(=O)O3)C[C@H](OC(C)=O)[C@@]2(C)[C@]2(C)CCC3C(C)(C)OC(=O)C[C@@H](OC(C)=O)[C@]3(C)C12. The quantitative estimate of drug-likeness (QED) is 0.336. The summed E-state index contributed by atoms with van der Waals surface area (Å²) in [7, 11) is 0. The third kappa shape index (κ3) is 4.60. The standard InChI is InChI=1S/C33H46O10/c1-17(34)39-22-14-21-20(31(7)13-11-26(37)43-31)15-25(41-19(3)36)33(21,9)30(6)12-10-23-29(4,5)42-27(38)16-24(40-18(2)35)32(23,8)28(22)30/h11,13,20-25,28H,10,12,14-16H2,1-9H3/t20-,21?,22?,23?,24+,25-,28?,30+,31-,32+,33-/m0/s1. The van der Waals surface area contributed by atoms with Crippen LogP contribution in [0.2, 0.25) is 0 Å². The molecular weight excluding hydrogens is 556 g/mol. The predicted molar refractivity (Wildman–Crippen MR) is 152 cm³/mol. The number of hydrogen-bond donors (Lipinski definition) is 0. The van der Waals surface area contributed by atoms with E-state index in [-0.39, 0.29) is 24.2 Å². The molecule has 11 atom stereocenters. The molecule has 2 aliphatic heterocycles. The maximum atomic E-state index is 13.1. The maximum absolute atomic E-state index is 13.1. The van der Waals surface area contributed by atoms with Crippen LogP contribution < -0.4 is 0 Å². The molecule has 10 nitrogen and oxygen atoms in total. The lowest BCUT2D eigenvalue weighted by Gasteiger charge is -2.69. The van der Waals surface area contributed by atoms with Crippen molar-refractivity contribution >= 4 is 29.8 Å². The van der Waals surface area contributed by atoms with Gasteiger partial charge in [0.25, 0.3) is 0 Å². The highest BCUT2D eigenvalue weighted by atomic mass is 16.6. The molecule has 43 heavy (non-hydrogen) atoms. The summed E-state index contributed by atoms with van der Waals surface area (Å²) in [6, 6.07) is 0. The molecule has 2 heterocycles. The molecule has 5 rings (SSSR count). The lowest BCUT2D eigenvalue weighted by Crippen LogP contribution is -2.70. The lowest BCUT2D eigenvalue weighted by atomic mass is 9.36. The molecule has 10 heteroatoms. The Labute approximate surface area is 253 Å². The number of cyclic esters (lactones) is 2. The van der Waals surface area contributed by atoms with E-state index in [9.17, 15) is 24.0 Å². The van der Waals surface area contributed by atoms with Gasteiger partial charge >= 0.3 is 29.8 Å². The van der Waals surface area contributed by atoms with E-state index in [1.165, 1.54) is 26.8 Å². The monoisotopic (exact) mass is 602 g/mol. The summed E-state index contributed by atoms with van der Waals surface area (Å²) in [5.41, 5.74) is -3.93. The third-order valence-corrected chi connectivity index (χ3v) is 12.3. The Morgan fingerprint density at radius 2 is 1.42 bits per heavy atom. The Hall–Kier alpha value is -2.91. The van der Waals surface area contributed by atoms with Gasteiger partial charge in [-0.3, -0.25) is 19.2 Å². The summed E-state index contributed by atoms with van der Waals surface area (Å²) < 4.78 is 30.2. The van der Waals surface area contributed by atoms with Crippen LogP contribution in [0.25, 0.3) is 0 Å². The van der Waals surface area contributed by atoms with Gasteiger partial charge in [-0.15, -0.1) is 0 Å². The largest absolute Gasteiger partial charge is 0.462 e. The van der Waals surface area contributed by atoms with Gasteiger partial charge in [-0.1, -0.05) is 20.8 Å². The average Bonchev–Trinajstić information content (AvgIpc) is 3.32. The van der Waals surface area contributed by atoms with Crippen molar-refractivity contribution in [3.63, 3.8) is 0 Å². The zero-order valence-corrected chi connectivity index (χ0v) is 26.8. The number of carbonyl (C=O) groups excluding carboxylic acids is 5. The van der Waals surface area contributed by atoms with Crippen molar-refractivity contribution in [3.8, 4) is 0 Å². The zero-order chi connectivity index (χ0) is 31.9. The molecule has 4 fully saturated rings. The van der Waals surface area contributed by atoms with E-state index < -0.39 is 81.5 Å². The highest BCUT2D eigenvalue weighted by molar-refractivity contribution is 5.85. The Morgan fingerprint density at radius 3 is 1.98 bits per heavy atom. The maximum Gasteiger partial charge on any atom is 0.331 e. The molecule has 1 saturated heterocycles. The number of carbonyl (C=O) groups is 5. The number of esters is 5. The van der Waals surface area contributed by atoms with Gasteiger partial charge in [0.15, 0.2) is 0 Å². The minimum absolute atomic E-state index is 0.121. The summed E-state index contributed by atoms with van der Waals surface area (Å²) in [5, 5.41) is 0. The molecular formula is C33H46O10. The summed E-state index contributed by atoms with van der Waals surface area (Å²) >= 11 is 0. The fraction of sp³-hybridized carbons (Fsp3) is 0.788. The molecule has 0 aromatic rings. The average molecular weight is 603 g/mol. The Kier molecular flexibility index (Phi) is 7.37. The van der Waals surface area contributed by atoms with Gasteiger partial charge in [0, 0.05) is 55.4 Å². The predicted octanol–water partition coefficient (Wildman–Crippen LogP) is 4.46. The fourth-order valence-electron chi connectivity index (χ4n) is 10.8. The Bertz CT molecular complexity index is 1270. The summed E-state index contributed by atoms with van der Waals surface area (Å²) in [6.07, 6.45) is 3.34. The van der Waals surface area contributed by atoms with Crippen LogP contribution in [0.4, 0.5) is 0 Å². The Morgan fingerprint density at radius 1 is 0.814 bits per heavy atom. The van der Waals surface area contributed by atoms with Crippen LogP contribution in [0, 0.1) is 39.9 Å². The van der Waals surface area contributed by atoms with Gasteiger partial charge < -0.3 is 23.7 Å². The van der Waals surface area contributed by atoms with Crippen LogP contribution in [0.15, 0.2) is 12.2 Å². The molecule has 4 unspecified atom stereocenters. The Balaban J connectivity index is 1.74. The molecule has 0 amide bonds. The summed E-state index contributed by atoms with van der Waals surface area (Å²) in [4.78, 5) is 63.3. The van der Waals surface area contributed by atoms with Crippen molar-refractivity contribution in [1.29, 1.82) is 0 Å². The van der Waals surface area contributed by atoms with Crippen molar-refractivity contribution in [1.82, 2.24) is 0 Å². The molecule has 0 radical (unpaired) electrons. The first-order valence-electron chi connectivity index (χ1n) is 15.4. The third-order valence-electron chi connectivity index (χ3n) is 12.3. The highest BCUT2D eigenvalue weighted by Gasteiger charge is 2.77. The molecule has 5 aliphatic rings. The van der Waals surface area contributed by atoms with E-state index in [1.54, 1.807) is 6.08 Å². The molecule has 0 N–H and O–H groups in total. The first-order chi connectivity index (χ1) is 19.8. The number of hydrogen-bond acceptors (Lipinski definition) is 10. The second-order valence-corrected chi connectivity index (χ2v) is 14.9. The van der Waals surface area contributed by atoms with E-state index in [2.05, 4.69) is 13.8 Å². The molecule has 238 valence electrons. The van der Waals surface area contributed by atoms with Crippen LogP contribution in [-0.2, 0) is 47.7 Å². The molecule has 3 saturated carbocycles. The first kappa shape index (κ1) is 31.5. The highest BCUT2D eigenvalue weighted by Crippen LogP contribution is 2.75. The number of rotatable bonds is 4. The van der Waals surface area contributed by atoms with Crippen LogP contribution in [0.3, 0.4) is 0 Å². The van der Waals surface area contributed by atoms with Crippen molar-refractivity contribution < 1.29 is 47.7 Å².